The zero-order valence-electron chi connectivity index (χ0n) is 21.7. The number of pyridine rings is 1. The summed E-state index contributed by atoms with van der Waals surface area (Å²) in [7, 11) is 1.87. The predicted molar refractivity (Wildman–Crippen MR) is 144 cm³/mol. The molecule has 200 valence electrons. The van der Waals surface area contributed by atoms with Crippen molar-refractivity contribution in [2.75, 3.05) is 38.7 Å². The maximum atomic E-state index is 12.5. The summed E-state index contributed by atoms with van der Waals surface area (Å²) in [5, 5.41) is 28.9. The van der Waals surface area contributed by atoms with Crippen molar-refractivity contribution in [1.29, 1.82) is 5.26 Å². The van der Waals surface area contributed by atoms with Crippen LogP contribution in [0.3, 0.4) is 0 Å². The molecule has 1 saturated carbocycles. The van der Waals surface area contributed by atoms with Crippen molar-refractivity contribution in [3.63, 3.8) is 0 Å². The molecule has 0 radical (unpaired) electrons. The number of nitrogens with zero attached hydrogens (tertiary/aromatic N) is 8. The highest BCUT2D eigenvalue weighted by Gasteiger charge is 2.27. The van der Waals surface area contributed by atoms with Crippen LogP contribution in [0.4, 0.5) is 10.5 Å². The summed E-state index contributed by atoms with van der Waals surface area (Å²) >= 11 is 0. The Kier molecular flexibility index (Phi) is 6.81. The van der Waals surface area contributed by atoms with Crippen molar-refractivity contribution in [2.24, 2.45) is 0 Å². The zero-order chi connectivity index (χ0) is 26.8. The van der Waals surface area contributed by atoms with Gasteiger partial charge in [-0.25, -0.2) is 14.0 Å². The van der Waals surface area contributed by atoms with Crippen molar-refractivity contribution < 1.29 is 9.53 Å². The van der Waals surface area contributed by atoms with Gasteiger partial charge in [0.05, 0.1) is 54.1 Å². The molecule has 39 heavy (non-hydrogen) atoms. The van der Waals surface area contributed by atoms with Crippen LogP contribution in [0.25, 0.3) is 28.2 Å². The Bertz CT molecular complexity index is 1520. The maximum Gasteiger partial charge on any atom is 0.317 e. The second kappa shape index (κ2) is 10.7. The summed E-state index contributed by atoms with van der Waals surface area (Å²) in [5.74, 6) is 0. The number of carbonyl (C=O) groups is 1. The number of urea groups is 1. The first-order valence-electron chi connectivity index (χ1n) is 13.2. The van der Waals surface area contributed by atoms with E-state index in [1.54, 1.807) is 23.0 Å². The Balaban J connectivity index is 1.14. The van der Waals surface area contributed by atoms with Crippen LogP contribution in [0.15, 0.2) is 42.9 Å². The lowest BCUT2D eigenvalue weighted by Crippen LogP contribution is -2.49. The Hall–Kier alpha value is -4.50. The molecule has 1 saturated heterocycles. The molecule has 0 bridgehead atoms. The summed E-state index contributed by atoms with van der Waals surface area (Å²) in [4.78, 5) is 19.1. The highest BCUT2D eigenvalue weighted by Crippen LogP contribution is 2.33. The first kappa shape index (κ1) is 24.8. The fourth-order valence-electron chi connectivity index (χ4n) is 5.36. The second-order valence-corrected chi connectivity index (χ2v) is 9.91. The number of rotatable bonds is 5. The van der Waals surface area contributed by atoms with E-state index in [-0.39, 0.29) is 18.1 Å². The van der Waals surface area contributed by atoms with E-state index in [4.69, 9.17) is 15.0 Å². The number of fused-ring (bicyclic) bond motifs is 1. The van der Waals surface area contributed by atoms with Gasteiger partial charge in [-0.1, -0.05) is 5.21 Å². The fraction of sp³-hybridized carbons (Fsp3) is 0.407. The number of anilines is 1. The largest absolute Gasteiger partial charge is 0.387 e. The van der Waals surface area contributed by atoms with Crippen LogP contribution in [0.2, 0.25) is 0 Å². The van der Waals surface area contributed by atoms with Gasteiger partial charge in [-0.05, 0) is 49.9 Å². The Morgan fingerprint density at radius 3 is 2.69 bits per heavy atom. The molecule has 5 heterocycles. The van der Waals surface area contributed by atoms with Crippen LogP contribution < -0.4 is 10.6 Å². The van der Waals surface area contributed by atoms with Crippen molar-refractivity contribution in [2.45, 2.75) is 37.8 Å². The monoisotopic (exact) mass is 526 g/mol. The van der Waals surface area contributed by atoms with Crippen molar-refractivity contribution in [1.82, 2.24) is 39.8 Å². The minimum Gasteiger partial charge on any atom is -0.387 e. The van der Waals surface area contributed by atoms with Gasteiger partial charge in [-0.15, -0.1) is 5.10 Å². The molecule has 12 nitrogen and oxygen atoms in total. The smallest absolute Gasteiger partial charge is 0.317 e. The zero-order valence-corrected chi connectivity index (χ0v) is 21.7. The highest BCUT2D eigenvalue weighted by molar-refractivity contribution is 5.78. The molecule has 2 fully saturated rings. The summed E-state index contributed by atoms with van der Waals surface area (Å²) in [5.41, 5.74) is 5.42. The number of carbonyl (C=O) groups excluding carboxylic acids is 1. The van der Waals surface area contributed by atoms with Gasteiger partial charge in [0.1, 0.15) is 11.8 Å². The highest BCUT2D eigenvalue weighted by atomic mass is 16.5. The molecule has 0 spiro atoms. The van der Waals surface area contributed by atoms with Crippen molar-refractivity contribution >= 4 is 17.2 Å². The van der Waals surface area contributed by atoms with Gasteiger partial charge in [0.2, 0.25) is 0 Å². The summed E-state index contributed by atoms with van der Waals surface area (Å²) in [6, 6.07) is 10.2. The van der Waals surface area contributed by atoms with Crippen molar-refractivity contribution in [3.05, 3.63) is 48.4 Å². The number of nitrogens with one attached hydrogen (secondary N) is 2. The molecule has 0 atom stereocenters. The van der Waals surface area contributed by atoms with Crippen LogP contribution in [0.1, 0.15) is 37.3 Å². The van der Waals surface area contributed by atoms with E-state index in [1.165, 1.54) is 0 Å². The number of ether oxygens (including phenoxy) is 1. The predicted octanol–water partition coefficient (Wildman–Crippen LogP) is 3.09. The molecule has 4 aromatic rings. The number of nitriles is 1. The number of morpholine rings is 1. The number of hydrogen-bond donors (Lipinski definition) is 2. The van der Waals surface area contributed by atoms with Gasteiger partial charge in [0.15, 0.2) is 0 Å². The average Bonchev–Trinajstić information content (AvgIpc) is 3.65. The van der Waals surface area contributed by atoms with Crippen LogP contribution in [0.5, 0.6) is 0 Å². The first-order chi connectivity index (χ1) is 19.1. The molecule has 4 aromatic heterocycles. The molecule has 0 aromatic carbocycles. The molecule has 6 rings (SSSR count). The maximum absolute atomic E-state index is 12.5. The third-order valence-corrected chi connectivity index (χ3v) is 7.55. The Morgan fingerprint density at radius 2 is 1.92 bits per heavy atom. The van der Waals surface area contributed by atoms with E-state index in [1.807, 2.05) is 41.0 Å². The lowest BCUT2D eigenvalue weighted by molar-refractivity contribution is 0.0519. The number of hydrogen-bond acceptors (Lipinski definition) is 8. The third-order valence-electron chi connectivity index (χ3n) is 7.55. The van der Waals surface area contributed by atoms with Crippen LogP contribution >= 0.6 is 0 Å². The van der Waals surface area contributed by atoms with Gasteiger partial charge >= 0.3 is 6.03 Å². The third kappa shape index (κ3) is 5.00. The molecule has 2 N–H and O–H groups in total. The Labute approximate surface area is 225 Å². The van der Waals surface area contributed by atoms with Gasteiger partial charge < -0.3 is 20.3 Å². The van der Waals surface area contributed by atoms with E-state index in [2.05, 4.69) is 32.1 Å². The molecule has 0 unspecified atom stereocenters. The fourth-order valence-corrected chi connectivity index (χ4v) is 5.36. The minimum atomic E-state index is 0.0104. The minimum absolute atomic E-state index is 0.0104. The lowest BCUT2D eigenvalue weighted by Gasteiger charge is -2.32. The van der Waals surface area contributed by atoms with Crippen LogP contribution in [-0.4, -0.2) is 79.9 Å². The second-order valence-electron chi connectivity index (χ2n) is 9.91. The topological polar surface area (TPSA) is 138 Å². The van der Waals surface area contributed by atoms with Crippen LogP contribution in [-0.2, 0) is 4.74 Å². The molecule has 2 amide bonds. The van der Waals surface area contributed by atoms with E-state index < -0.39 is 0 Å². The van der Waals surface area contributed by atoms with Gasteiger partial charge in [-0.3, -0.25) is 4.98 Å². The first-order valence-corrected chi connectivity index (χ1v) is 13.2. The van der Waals surface area contributed by atoms with Gasteiger partial charge in [0.25, 0.3) is 0 Å². The Morgan fingerprint density at radius 1 is 1.10 bits per heavy atom. The quantitative estimate of drug-likeness (QED) is 0.405. The molecule has 2 aliphatic rings. The molecule has 1 aliphatic carbocycles. The SMILES string of the molecule is CNc1cc(-c2ccc3cc(C#N)cnn23)ncc1-c1cn([C@H]2CC[C@H](NC(=O)N3CCOCC3)CC2)nn1. The van der Waals surface area contributed by atoms with E-state index in [0.717, 1.165) is 59.5 Å². The summed E-state index contributed by atoms with van der Waals surface area (Å²) in [6.45, 7) is 2.51. The normalized spacial score (nSPS) is 19.5. The number of aromatic nitrogens is 6. The van der Waals surface area contributed by atoms with Crippen LogP contribution in [0, 0.1) is 11.3 Å². The molecular weight excluding hydrogens is 496 g/mol. The van der Waals surface area contributed by atoms with Gasteiger partial charge in [0, 0.05) is 43.6 Å². The molecular formula is C27H30N10O2. The van der Waals surface area contributed by atoms with E-state index in [9.17, 15) is 4.79 Å². The average molecular weight is 527 g/mol. The summed E-state index contributed by atoms with van der Waals surface area (Å²) in [6.07, 6.45) is 8.99. The van der Waals surface area contributed by atoms with E-state index >= 15 is 0 Å². The van der Waals surface area contributed by atoms with E-state index in [0.29, 0.717) is 31.9 Å². The summed E-state index contributed by atoms with van der Waals surface area (Å²) < 4.78 is 9.06. The number of amides is 2. The molecule has 12 heteroatoms. The van der Waals surface area contributed by atoms with Crippen molar-refractivity contribution in [3.8, 4) is 28.7 Å². The standard InChI is InChI=1S/C27H30N10O2/c1-29-23-13-24(26-7-6-21-12-18(14-28)15-31-37(21)26)30-16-22(23)25-17-36(34-33-25)20-4-2-19(3-5-20)32-27(38)35-8-10-39-11-9-35/h6-7,12-13,15-17,19-20H,2-5,8-11H2,1H3,(H,29,30)(H,32,38)/t19-,20-. The molecule has 1 aliphatic heterocycles. The lowest BCUT2D eigenvalue weighted by atomic mass is 9.91. The van der Waals surface area contributed by atoms with Gasteiger partial charge in [-0.2, -0.15) is 10.4 Å².